The minimum Gasteiger partial charge on any atom is -0.393 e. The summed E-state index contributed by atoms with van der Waals surface area (Å²) in [4.78, 5) is 17.4. The first kappa shape index (κ1) is 24.6. The molecule has 1 fully saturated rings. The summed E-state index contributed by atoms with van der Waals surface area (Å²) in [6, 6.07) is 9.14. The number of aliphatic hydroxyl groups is 2. The molecule has 0 spiro atoms. The van der Waals surface area contributed by atoms with E-state index in [1.165, 1.54) is 26.2 Å². The van der Waals surface area contributed by atoms with Gasteiger partial charge in [0.05, 0.1) is 58.2 Å². The molecule has 3 heterocycles. The third kappa shape index (κ3) is 5.58. The van der Waals surface area contributed by atoms with Gasteiger partial charge in [0, 0.05) is 12.2 Å². The van der Waals surface area contributed by atoms with E-state index in [0.29, 0.717) is 29.1 Å². The molecular weight excluding hydrogens is 451 g/mol. The Morgan fingerprint density at radius 1 is 1.34 bits per heavy atom. The number of halogens is 1. The van der Waals surface area contributed by atoms with Crippen LogP contribution in [0.2, 0.25) is 0 Å². The lowest BCUT2D eigenvalue weighted by Crippen LogP contribution is -2.42. The van der Waals surface area contributed by atoms with Gasteiger partial charge in [-0.25, -0.2) is 8.91 Å². The van der Waals surface area contributed by atoms with Crippen LogP contribution in [0.25, 0.3) is 16.9 Å². The summed E-state index contributed by atoms with van der Waals surface area (Å²) >= 11 is 0. The number of aliphatic hydroxyl groups excluding tert-OH is 1. The van der Waals surface area contributed by atoms with Crippen LogP contribution in [0.5, 0.6) is 0 Å². The lowest BCUT2D eigenvalue weighted by molar-refractivity contribution is -0.00177. The molecule has 35 heavy (non-hydrogen) atoms. The Balaban J connectivity index is 1.66. The van der Waals surface area contributed by atoms with Gasteiger partial charge in [0.15, 0.2) is 0 Å². The van der Waals surface area contributed by atoms with E-state index < -0.39 is 23.8 Å². The molecule has 9 nitrogen and oxygen atoms in total. The maximum absolute atomic E-state index is 14.2. The van der Waals surface area contributed by atoms with Crippen molar-refractivity contribution in [1.29, 1.82) is 5.26 Å². The van der Waals surface area contributed by atoms with Crippen molar-refractivity contribution < 1.29 is 19.4 Å². The minimum absolute atomic E-state index is 0.0359. The fourth-order valence-corrected chi connectivity index (χ4v) is 4.19. The molecule has 4 rings (SSSR count). The Labute approximate surface area is 202 Å². The molecular formula is C25H29FN6O3. The number of rotatable bonds is 7. The van der Waals surface area contributed by atoms with Crippen molar-refractivity contribution in [3.05, 3.63) is 47.8 Å². The number of hydrogen-bond donors (Lipinski definition) is 4. The zero-order chi connectivity index (χ0) is 25.2. The van der Waals surface area contributed by atoms with Gasteiger partial charge < -0.3 is 20.8 Å². The van der Waals surface area contributed by atoms with Crippen molar-refractivity contribution in [2.24, 2.45) is 0 Å². The van der Waals surface area contributed by atoms with Crippen LogP contribution in [0.15, 0.2) is 36.7 Å². The topological polar surface area (TPSA) is 136 Å². The van der Waals surface area contributed by atoms with E-state index in [1.807, 2.05) is 12.1 Å². The van der Waals surface area contributed by atoms with E-state index in [4.69, 9.17) is 5.26 Å². The molecule has 1 aliphatic rings. The predicted octanol–water partition coefficient (Wildman–Crippen LogP) is 2.82. The predicted molar refractivity (Wildman–Crippen MR) is 129 cm³/mol. The molecule has 3 atom stereocenters. The van der Waals surface area contributed by atoms with Gasteiger partial charge in [0.25, 0.3) is 5.91 Å². The molecule has 0 saturated heterocycles. The highest BCUT2D eigenvalue weighted by molar-refractivity contribution is 6.00. The second kappa shape index (κ2) is 9.98. The van der Waals surface area contributed by atoms with Gasteiger partial charge in [-0.05, 0) is 63.8 Å². The number of alkyl halides is 1. The van der Waals surface area contributed by atoms with Crippen LogP contribution >= 0.6 is 0 Å². The quantitative estimate of drug-likeness (QED) is 0.408. The molecule has 1 saturated carbocycles. The van der Waals surface area contributed by atoms with Crippen molar-refractivity contribution in [2.45, 2.75) is 63.4 Å². The number of pyridine rings is 1. The molecule has 0 radical (unpaired) electrons. The van der Waals surface area contributed by atoms with Gasteiger partial charge in [-0.2, -0.15) is 10.4 Å². The fourth-order valence-electron chi connectivity index (χ4n) is 4.19. The number of carbonyl (C=O) groups is 1. The van der Waals surface area contributed by atoms with Crippen LogP contribution in [0.1, 0.15) is 55.5 Å². The van der Waals surface area contributed by atoms with E-state index in [-0.39, 0.29) is 18.2 Å². The highest BCUT2D eigenvalue weighted by Gasteiger charge is 2.28. The Morgan fingerprint density at radius 3 is 2.86 bits per heavy atom. The maximum atomic E-state index is 14.2. The second-order valence-electron chi connectivity index (χ2n) is 9.52. The molecule has 184 valence electrons. The zero-order valence-corrected chi connectivity index (χ0v) is 19.7. The van der Waals surface area contributed by atoms with Gasteiger partial charge in [-0.15, -0.1) is 0 Å². The summed E-state index contributed by atoms with van der Waals surface area (Å²) in [7, 11) is 0. The van der Waals surface area contributed by atoms with Gasteiger partial charge in [0.1, 0.15) is 12.2 Å². The van der Waals surface area contributed by atoms with E-state index >= 15 is 0 Å². The van der Waals surface area contributed by atoms with Crippen LogP contribution in [0.3, 0.4) is 0 Å². The number of carbonyl (C=O) groups excluding carboxylic acids is 1. The Bertz CT molecular complexity index is 1260. The van der Waals surface area contributed by atoms with Crippen LogP contribution < -0.4 is 10.6 Å². The van der Waals surface area contributed by atoms with Crippen molar-refractivity contribution in [3.8, 4) is 17.5 Å². The average Bonchev–Trinajstić information content (AvgIpc) is 3.25. The molecule has 4 N–H and O–H groups in total. The highest BCUT2D eigenvalue weighted by Crippen LogP contribution is 2.28. The van der Waals surface area contributed by atoms with Crippen molar-refractivity contribution >= 4 is 17.1 Å². The molecule has 1 aliphatic carbocycles. The van der Waals surface area contributed by atoms with Crippen molar-refractivity contribution in [2.75, 3.05) is 11.9 Å². The monoisotopic (exact) mass is 480 g/mol. The van der Waals surface area contributed by atoms with Gasteiger partial charge >= 0.3 is 0 Å². The van der Waals surface area contributed by atoms with E-state index in [0.717, 1.165) is 24.8 Å². The Hall–Kier alpha value is -3.55. The SMILES string of the molecule is CC(C)(O)C(F)CNC(=O)c1cnc(-c2ccc3cc(C#N)cnn23)cc1N[C@H]1CCC[C@H](O)C1. The number of hydrogen-bond acceptors (Lipinski definition) is 7. The summed E-state index contributed by atoms with van der Waals surface area (Å²) < 4.78 is 15.9. The van der Waals surface area contributed by atoms with E-state index in [2.05, 4.69) is 26.8 Å². The first-order valence-electron chi connectivity index (χ1n) is 11.6. The lowest BCUT2D eigenvalue weighted by atomic mass is 9.92. The molecule has 0 aliphatic heterocycles. The van der Waals surface area contributed by atoms with Crippen LogP contribution in [0.4, 0.5) is 10.1 Å². The first-order chi connectivity index (χ1) is 16.7. The van der Waals surface area contributed by atoms with Gasteiger partial charge in [0.2, 0.25) is 0 Å². The minimum atomic E-state index is -1.64. The molecule has 0 bridgehead atoms. The standard InChI is InChI=1S/C25H29FN6O3/c1-25(2,35)23(26)14-29-24(34)19-13-28-21(10-20(19)31-16-4-3-5-18(33)9-16)22-7-6-17-8-15(11-27)12-30-32(17)22/h6-8,10,12-13,16,18,23,33,35H,3-5,9,14H2,1-2H3,(H,28,31)(H,29,34)/t16-,18-,23?/m0/s1. The Morgan fingerprint density at radius 2 is 2.14 bits per heavy atom. The normalized spacial score (nSPS) is 19.2. The van der Waals surface area contributed by atoms with E-state index in [9.17, 15) is 19.4 Å². The Kier molecular flexibility index (Phi) is 7.00. The maximum Gasteiger partial charge on any atom is 0.255 e. The third-order valence-corrected chi connectivity index (χ3v) is 6.26. The van der Waals surface area contributed by atoms with Crippen LogP contribution in [0, 0.1) is 11.3 Å². The largest absolute Gasteiger partial charge is 0.393 e. The summed E-state index contributed by atoms with van der Waals surface area (Å²) in [6.45, 7) is 2.34. The second-order valence-corrected chi connectivity index (χ2v) is 9.52. The number of nitriles is 1. The fraction of sp³-hybridized carbons (Fsp3) is 0.440. The van der Waals surface area contributed by atoms with Gasteiger partial charge in [-0.3, -0.25) is 9.78 Å². The molecule has 0 aromatic carbocycles. The summed E-state index contributed by atoms with van der Waals surface area (Å²) in [5.74, 6) is -0.522. The number of amides is 1. The molecule has 3 aromatic rings. The summed E-state index contributed by atoms with van der Waals surface area (Å²) in [6.07, 6.45) is 3.84. The smallest absolute Gasteiger partial charge is 0.255 e. The van der Waals surface area contributed by atoms with Crippen molar-refractivity contribution in [3.63, 3.8) is 0 Å². The zero-order valence-electron chi connectivity index (χ0n) is 19.7. The van der Waals surface area contributed by atoms with Crippen molar-refractivity contribution in [1.82, 2.24) is 19.9 Å². The highest BCUT2D eigenvalue weighted by atomic mass is 19.1. The molecule has 1 unspecified atom stereocenters. The summed E-state index contributed by atoms with van der Waals surface area (Å²) in [5.41, 5.74) is 1.56. The average molecular weight is 481 g/mol. The molecule has 10 heteroatoms. The van der Waals surface area contributed by atoms with Gasteiger partial charge in [-0.1, -0.05) is 0 Å². The number of fused-ring (bicyclic) bond motifs is 1. The first-order valence-corrected chi connectivity index (χ1v) is 11.6. The molecule has 1 amide bonds. The number of anilines is 1. The number of nitrogens with zero attached hydrogens (tertiary/aromatic N) is 4. The number of nitrogens with one attached hydrogen (secondary N) is 2. The van der Waals surface area contributed by atoms with Crippen LogP contribution in [-0.2, 0) is 0 Å². The van der Waals surface area contributed by atoms with Crippen LogP contribution in [-0.4, -0.2) is 61.2 Å². The van der Waals surface area contributed by atoms with E-state index in [1.54, 1.807) is 16.6 Å². The number of aromatic nitrogens is 3. The third-order valence-electron chi connectivity index (χ3n) is 6.26. The summed E-state index contributed by atoms with van der Waals surface area (Å²) in [5, 5.41) is 39.3. The lowest BCUT2D eigenvalue weighted by Gasteiger charge is -2.28. The molecule has 3 aromatic heterocycles.